The summed E-state index contributed by atoms with van der Waals surface area (Å²) < 4.78 is 17.0. The predicted molar refractivity (Wildman–Crippen MR) is 111 cm³/mol. The second kappa shape index (κ2) is 8.84. The molecule has 1 fully saturated rings. The van der Waals surface area contributed by atoms with Crippen molar-refractivity contribution in [1.82, 2.24) is 10.2 Å². The summed E-state index contributed by atoms with van der Waals surface area (Å²) in [5.74, 6) is 1.74. The number of ether oxygens (including phenoxy) is 1. The van der Waals surface area contributed by atoms with Crippen molar-refractivity contribution in [2.24, 2.45) is 0 Å². The number of carbonyl (C=O) groups is 1. The summed E-state index contributed by atoms with van der Waals surface area (Å²) in [7, 11) is 0. The first-order valence-electron chi connectivity index (χ1n) is 10.3. The summed E-state index contributed by atoms with van der Waals surface area (Å²) in [6.45, 7) is 7.60. The van der Waals surface area contributed by atoms with E-state index in [1.54, 1.807) is 6.26 Å². The Morgan fingerprint density at radius 2 is 2.03 bits per heavy atom. The van der Waals surface area contributed by atoms with Crippen LogP contribution in [0.3, 0.4) is 0 Å². The lowest BCUT2D eigenvalue weighted by atomic mass is 10.1. The maximum Gasteiger partial charge on any atom is 0.224 e. The molecule has 1 N–H and O–H groups in total. The van der Waals surface area contributed by atoms with Gasteiger partial charge in [-0.05, 0) is 37.1 Å². The van der Waals surface area contributed by atoms with Crippen molar-refractivity contribution in [2.45, 2.75) is 32.7 Å². The van der Waals surface area contributed by atoms with Crippen molar-refractivity contribution >= 4 is 16.9 Å². The van der Waals surface area contributed by atoms with E-state index in [4.69, 9.17) is 13.6 Å². The van der Waals surface area contributed by atoms with Crippen molar-refractivity contribution < 1.29 is 18.4 Å². The first kappa shape index (κ1) is 19.7. The van der Waals surface area contributed by atoms with Crippen molar-refractivity contribution in [2.75, 3.05) is 32.8 Å². The quantitative estimate of drug-likeness (QED) is 0.661. The molecule has 1 aliphatic rings. The van der Waals surface area contributed by atoms with Gasteiger partial charge in [0.2, 0.25) is 5.91 Å². The molecule has 0 radical (unpaired) electrons. The number of hydrogen-bond donors (Lipinski definition) is 1. The van der Waals surface area contributed by atoms with E-state index in [1.807, 2.05) is 31.2 Å². The molecule has 3 heterocycles. The molecule has 0 saturated carbocycles. The second-order valence-electron chi connectivity index (χ2n) is 7.54. The van der Waals surface area contributed by atoms with Crippen LogP contribution in [0.15, 0.2) is 45.4 Å². The first-order chi connectivity index (χ1) is 14.1. The zero-order chi connectivity index (χ0) is 20.2. The van der Waals surface area contributed by atoms with E-state index < -0.39 is 0 Å². The van der Waals surface area contributed by atoms with Crippen LogP contribution in [0, 0.1) is 6.92 Å². The Hall–Kier alpha value is -2.57. The summed E-state index contributed by atoms with van der Waals surface area (Å²) in [6, 6.07) is 10.1. The first-order valence-corrected chi connectivity index (χ1v) is 10.3. The van der Waals surface area contributed by atoms with Crippen LogP contribution < -0.4 is 5.32 Å². The Kier molecular flexibility index (Phi) is 6.02. The minimum absolute atomic E-state index is 0.00440. The number of fused-ring (bicyclic) bond motifs is 1. The maximum atomic E-state index is 12.7. The molecular weight excluding hydrogens is 368 g/mol. The van der Waals surface area contributed by atoms with Crippen LogP contribution in [0.2, 0.25) is 0 Å². The van der Waals surface area contributed by atoms with Crippen LogP contribution in [-0.4, -0.2) is 43.7 Å². The fraction of sp³-hybridized carbons (Fsp3) is 0.435. The predicted octanol–water partition coefficient (Wildman–Crippen LogP) is 3.63. The minimum atomic E-state index is -0.0196. The maximum absolute atomic E-state index is 12.7. The zero-order valence-corrected chi connectivity index (χ0v) is 17.1. The largest absolute Gasteiger partial charge is 0.465 e. The highest BCUT2D eigenvalue weighted by atomic mass is 16.5. The van der Waals surface area contributed by atoms with Gasteiger partial charge in [0.25, 0.3) is 0 Å². The van der Waals surface area contributed by atoms with Crippen LogP contribution >= 0.6 is 0 Å². The molecule has 1 aromatic carbocycles. The Balaban J connectivity index is 1.42. The van der Waals surface area contributed by atoms with E-state index in [0.717, 1.165) is 47.6 Å². The van der Waals surface area contributed by atoms with Gasteiger partial charge in [0, 0.05) is 30.6 Å². The average molecular weight is 396 g/mol. The number of benzene rings is 1. The molecular formula is C23H28N2O4. The molecule has 0 bridgehead atoms. The van der Waals surface area contributed by atoms with Crippen LogP contribution in [0.25, 0.3) is 11.0 Å². The Morgan fingerprint density at radius 1 is 1.21 bits per heavy atom. The van der Waals surface area contributed by atoms with Crippen molar-refractivity contribution in [3.8, 4) is 0 Å². The molecule has 1 amide bonds. The SMILES string of the molecule is CCc1ccc2c(CC(=O)NC[C@@H](c3ccc(C)o3)N3CCOCC3)coc2c1. The van der Waals surface area contributed by atoms with Gasteiger partial charge in [-0.25, -0.2) is 0 Å². The van der Waals surface area contributed by atoms with Crippen molar-refractivity contribution in [3.05, 3.63) is 59.2 Å². The Morgan fingerprint density at radius 3 is 2.76 bits per heavy atom. The molecule has 154 valence electrons. The molecule has 0 aliphatic carbocycles. The van der Waals surface area contributed by atoms with Crippen molar-refractivity contribution in [1.29, 1.82) is 0 Å². The third-order valence-corrected chi connectivity index (χ3v) is 5.55. The van der Waals surface area contributed by atoms with E-state index in [-0.39, 0.29) is 11.9 Å². The van der Waals surface area contributed by atoms with E-state index in [1.165, 1.54) is 5.56 Å². The third kappa shape index (κ3) is 4.54. The summed E-state index contributed by atoms with van der Waals surface area (Å²) in [5.41, 5.74) is 2.98. The monoisotopic (exact) mass is 396 g/mol. The molecule has 6 nitrogen and oxygen atoms in total. The molecule has 6 heteroatoms. The third-order valence-electron chi connectivity index (χ3n) is 5.55. The van der Waals surface area contributed by atoms with E-state index in [9.17, 15) is 4.79 Å². The summed E-state index contributed by atoms with van der Waals surface area (Å²) >= 11 is 0. The number of nitrogens with one attached hydrogen (secondary N) is 1. The van der Waals surface area contributed by atoms with Crippen LogP contribution in [-0.2, 0) is 22.4 Å². The van der Waals surface area contributed by atoms with Crippen LogP contribution in [0.1, 0.15) is 35.6 Å². The molecule has 3 aromatic rings. The van der Waals surface area contributed by atoms with Gasteiger partial charge in [0.15, 0.2) is 0 Å². The van der Waals surface area contributed by atoms with Gasteiger partial charge in [-0.2, -0.15) is 0 Å². The fourth-order valence-corrected chi connectivity index (χ4v) is 3.86. The van der Waals surface area contributed by atoms with Crippen molar-refractivity contribution in [3.63, 3.8) is 0 Å². The lowest BCUT2D eigenvalue weighted by molar-refractivity contribution is -0.120. The lowest BCUT2D eigenvalue weighted by Gasteiger charge is -2.33. The molecule has 29 heavy (non-hydrogen) atoms. The molecule has 1 saturated heterocycles. The highest BCUT2D eigenvalue weighted by Crippen LogP contribution is 2.25. The number of morpholine rings is 1. The number of hydrogen-bond acceptors (Lipinski definition) is 5. The molecule has 0 spiro atoms. The van der Waals surface area contributed by atoms with Gasteiger partial charge in [-0.15, -0.1) is 0 Å². The highest BCUT2D eigenvalue weighted by molar-refractivity contribution is 5.87. The van der Waals surface area contributed by atoms with Gasteiger partial charge in [-0.1, -0.05) is 19.1 Å². The number of amides is 1. The number of nitrogens with zero attached hydrogens (tertiary/aromatic N) is 1. The molecule has 4 rings (SSSR count). The fourth-order valence-electron chi connectivity index (χ4n) is 3.86. The van der Waals surface area contributed by atoms with Gasteiger partial charge in [0.05, 0.1) is 31.9 Å². The molecule has 1 atom stereocenters. The topological polar surface area (TPSA) is 67.9 Å². The minimum Gasteiger partial charge on any atom is -0.465 e. The summed E-state index contributed by atoms with van der Waals surface area (Å²) in [4.78, 5) is 15.0. The van der Waals surface area contributed by atoms with E-state index >= 15 is 0 Å². The van der Waals surface area contributed by atoms with Gasteiger partial charge in [0.1, 0.15) is 17.1 Å². The van der Waals surface area contributed by atoms with Gasteiger partial charge < -0.3 is 18.9 Å². The van der Waals surface area contributed by atoms with E-state index in [2.05, 4.69) is 23.2 Å². The highest BCUT2D eigenvalue weighted by Gasteiger charge is 2.25. The molecule has 1 aliphatic heterocycles. The number of furan rings is 2. The Labute approximate surface area is 170 Å². The summed E-state index contributed by atoms with van der Waals surface area (Å²) in [6.07, 6.45) is 2.95. The van der Waals surface area contributed by atoms with Crippen LogP contribution in [0.4, 0.5) is 0 Å². The number of rotatable bonds is 7. The normalized spacial score (nSPS) is 16.2. The number of carbonyl (C=O) groups excluding carboxylic acids is 1. The standard InChI is InChI=1S/C23H28N2O4/c1-3-17-5-6-19-18(15-28-22(19)12-17)13-23(26)24-14-20(21-7-4-16(2)29-21)25-8-10-27-11-9-25/h4-7,12,15,20H,3,8-11,13-14H2,1-2H3,(H,24,26)/t20-/m0/s1. The smallest absolute Gasteiger partial charge is 0.224 e. The average Bonchev–Trinajstić information content (AvgIpc) is 3.35. The van der Waals surface area contributed by atoms with E-state index in [0.29, 0.717) is 26.2 Å². The van der Waals surface area contributed by atoms with Crippen LogP contribution in [0.5, 0.6) is 0 Å². The molecule has 0 unspecified atom stereocenters. The lowest BCUT2D eigenvalue weighted by Crippen LogP contribution is -2.43. The molecule has 2 aromatic heterocycles. The second-order valence-corrected chi connectivity index (χ2v) is 7.54. The Bertz CT molecular complexity index is 968. The van der Waals surface area contributed by atoms with Gasteiger partial charge >= 0.3 is 0 Å². The summed E-state index contributed by atoms with van der Waals surface area (Å²) in [5, 5.41) is 4.09. The number of aryl methyl sites for hydroxylation is 2. The zero-order valence-electron chi connectivity index (χ0n) is 17.1. The van der Waals surface area contributed by atoms with Gasteiger partial charge in [-0.3, -0.25) is 9.69 Å².